The molecule has 0 saturated carbocycles. The van der Waals surface area contributed by atoms with Crippen LogP contribution < -0.4 is 0 Å². The summed E-state index contributed by atoms with van der Waals surface area (Å²) in [5.41, 5.74) is 4.63. The lowest BCUT2D eigenvalue weighted by atomic mass is 9.97. The quantitative estimate of drug-likeness (QED) is 0.545. The second kappa shape index (κ2) is 6.44. The molecular formula is C22H19NO2. The fourth-order valence-corrected chi connectivity index (χ4v) is 3.49. The Hall–Kier alpha value is -3.07. The van der Waals surface area contributed by atoms with Gasteiger partial charge in [0.05, 0.1) is 0 Å². The monoisotopic (exact) mass is 329 g/mol. The van der Waals surface area contributed by atoms with Gasteiger partial charge in [-0.15, -0.1) is 0 Å². The Balaban J connectivity index is 1.71. The van der Waals surface area contributed by atoms with E-state index >= 15 is 0 Å². The molecule has 0 fully saturated rings. The highest BCUT2D eigenvalue weighted by molar-refractivity contribution is 5.88. The van der Waals surface area contributed by atoms with Crippen molar-refractivity contribution in [2.24, 2.45) is 0 Å². The van der Waals surface area contributed by atoms with Crippen molar-refractivity contribution in [3.8, 4) is 0 Å². The Labute approximate surface area is 145 Å². The number of carboxylic acid groups (broad SMARTS) is 1. The Kier molecular flexibility index (Phi) is 3.98. The normalized spacial score (nSPS) is 11.2. The highest BCUT2D eigenvalue weighted by Gasteiger charge is 2.10. The Morgan fingerprint density at radius 2 is 1.76 bits per heavy atom. The van der Waals surface area contributed by atoms with Crippen LogP contribution in [0.15, 0.2) is 66.9 Å². The molecule has 0 unspecified atom stereocenters. The largest absolute Gasteiger partial charge is 0.481 e. The lowest BCUT2D eigenvalue weighted by molar-refractivity contribution is -0.136. The lowest BCUT2D eigenvalue weighted by Crippen LogP contribution is -1.98. The van der Waals surface area contributed by atoms with E-state index in [-0.39, 0.29) is 6.42 Å². The number of nitrogens with one attached hydrogen (secondary N) is 1. The number of carboxylic acids is 1. The SMILES string of the molecule is O=C(O)CCc1cccc2[nH]cc(Cc3ccc4ccccc4c3)c12. The van der Waals surface area contributed by atoms with Crippen molar-refractivity contribution in [2.75, 3.05) is 0 Å². The van der Waals surface area contributed by atoms with Crippen molar-refractivity contribution in [1.82, 2.24) is 4.98 Å². The van der Waals surface area contributed by atoms with Crippen LogP contribution in [0.5, 0.6) is 0 Å². The number of hydrogen-bond acceptors (Lipinski definition) is 1. The third-order valence-corrected chi connectivity index (χ3v) is 4.69. The van der Waals surface area contributed by atoms with E-state index in [1.165, 1.54) is 21.9 Å². The zero-order valence-corrected chi connectivity index (χ0v) is 13.8. The first-order valence-electron chi connectivity index (χ1n) is 8.48. The number of aryl methyl sites for hydroxylation is 1. The van der Waals surface area contributed by atoms with E-state index in [4.69, 9.17) is 5.11 Å². The molecule has 124 valence electrons. The molecule has 3 aromatic carbocycles. The summed E-state index contributed by atoms with van der Waals surface area (Å²) in [6.07, 6.45) is 3.58. The number of H-pyrrole nitrogens is 1. The van der Waals surface area contributed by atoms with E-state index in [0.29, 0.717) is 6.42 Å². The van der Waals surface area contributed by atoms with E-state index in [2.05, 4.69) is 47.4 Å². The van der Waals surface area contributed by atoms with Crippen LogP contribution in [-0.4, -0.2) is 16.1 Å². The van der Waals surface area contributed by atoms with Gasteiger partial charge in [0, 0.05) is 23.5 Å². The maximum atomic E-state index is 10.9. The summed E-state index contributed by atoms with van der Waals surface area (Å²) in [6, 6.07) is 21.0. The number of hydrogen-bond donors (Lipinski definition) is 2. The van der Waals surface area contributed by atoms with E-state index in [9.17, 15) is 4.79 Å². The number of aliphatic carboxylic acids is 1. The van der Waals surface area contributed by atoms with Crippen LogP contribution >= 0.6 is 0 Å². The van der Waals surface area contributed by atoms with E-state index in [1.807, 2.05) is 24.4 Å². The molecule has 2 N–H and O–H groups in total. The molecule has 1 heterocycles. The molecule has 0 aliphatic heterocycles. The maximum Gasteiger partial charge on any atom is 0.303 e. The summed E-state index contributed by atoms with van der Waals surface area (Å²) in [4.78, 5) is 14.3. The van der Waals surface area contributed by atoms with Crippen molar-refractivity contribution < 1.29 is 9.90 Å². The summed E-state index contributed by atoms with van der Waals surface area (Å²) >= 11 is 0. The molecule has 3 nitrogen and oxygen atoms in total. The fourth-order valence-electron chi connectivity index (χ4n) is 3.49. The Morgan fingerprint density at radius 3 is 2.60 bits per heavy atom. The molecule has 3 heteroatoms. The number of fused-ring (bicyclic) bond motifs is 2. The summed E-state index contributed by atoms with van der Waals surface area (Å²) in [5, 5.41) is 12.6. The van der Waals surface area contributed by atoms with E-state index in [1.54, 1.807) is 0 Å². The molecule has 0 aliphatic rings. The second-order valence-corrected chi connectivity index (χ2v) is 6.41. The standard InChI is InChI=1S/C22H19NO2/c24-21(25)11-10-17-6-3-7-20-22(17)19(14-23-20)13-15-8-9-16-4-1-2-5-18(16)12-15/h1-9,12,14,23H,10-11,13H2,(H,24,25). The van der Waals surface area contributed by atoms with E-state index in [0.717, 1.165) is 22.9 Å². The zero-order valence-electron chi connectivity index (χ0n) is 13.8. The van der Waals surface area contributed by atoms with Gasteiger partial charge in [0.15, 0.2) is 0 Å². The van der Waals surface area contributed by atoms with Crippen LogP contribution in [0, 0.1) is 0 Å². The number of aromatic amines is 1. The van der Waals surface area contributed by atoms with Crippen LogP contribution in [0.1, 0.15) is 23.1 Å². The molecule has 1 aromatic heterocycles. The van der Waals surface area contributed by atoms with Gasteiger partial charge in [-0.1, -0.05) is 54.6 Å². The van der Waals surface area contributed by atoms with Crippen molar-refractivity contribution >= 4 is 27.6 Å². The molecule has 4 rings (SSSR count). The van der Waals surface area contributed by atoms with Gasteiger partial charge in [-0.3, -0.25) is 4.79 Å². The third-order valence-electron chi connectivity index (χ3n) is 4.69. The second-order valence-electron chi connectivity index (χ2n) is 6.41. The third kappa shape index (κ3) is 3.13. The highest BCUT2D eigenvalue weighted by Crippen LogP contribution is 2.27. The van der Waals surface area contributed by atoms with Gasteiger partial charge in [0.25, 0.3) is 0 Å². The summed E-state index contributed by atoms with van der Waals surface area (Å²) in [7, 11) is 0. The minimum absolute atomic E-state index is 0.152. The molecule has 0 spiro atoms. The molecule has 0 atom stereocenters. The number of aromatic nitrogens is 1. The van der Waals surface area contributed by atoms with Crippen LogP contribution in [0.3, 0.4) is 0 Å². The minimum atomic E-state index is -0.761. The number of carbonyl (C=O) groups is 1. The average Bonchev–Trinajstić information content (AvgIpc) is 3.03. The first-order valence-corrected chi connectivity index (χ1v) is 8.48. The fraction of sp³-hybridized carbons (Fsp3) is 0.136. The first-order chi connectivity index (χ1) is 12.2. The summed E-state index contributed by atoms with van der Waals surface area (Å²) in [5.74, 6) is -0.761. The van der Waals surface area contributed by atoms with Gasteiger partial charge in [-0.2, -0.15) is 0 Å². The first kappa shape index (κ1) is 15.5. The molecule has 4 aromatic rings. The number of rotatable bonds is 5. The van der Waals surface area contributed by atoms with Gasteiger partial charge in [-0.05, 0) is 46.4 Å². The van der Waals surface area contributed by atoms with Crippen molar-refractivity contribution in [3.05, 3.63) is 83.6 Å². The van der Waals surface area contributed by atoms with E-state index < -0.39 is 5.97 Å². The summed E-state index contributed by atoms with van der Waals surface area (Å²) in [6.45, 7) is 0. The predicted molar refractivity (Wildman–Crippen MR) is 101 cm³/mol. The highest BCUT2D eigenvalue weighted by atomic mass is 16.4. The van der Waals surface area contributed by atoms with Crippen LogP contribution in [0.25, 0.3) is 21.7 Å². The van der Waals surface area contributed by atoms with Gasteiger partial charge in [0.1, 0.15) is 0 Å². The lowest BCUT2D eigenvalue weighted by Gasteiger charge is -2.07. The predicted octanol–water partition coefficient (Wildman–Crippen LogP) is 4.93. The smallest absolute Gasteiger partial charge is 0.303 e. The zero-order chi connectivity index (χ0) is 17.2. The minimum Gasteiger partial charge on any atom is -0.481 e. The molecule has 0 radical (unpaired) electrons. The molecule has 0 amide bonds. The maximum absolute atomic E-state index is 10.9. The van der Waals surface area contributed by atoms with Crippen molar-refractivity contribution in [1.29, 1.82) is 0 Å². The van der Waals surface area contributed by atoms with Crippen LogP contribution in [-0.2, 0) is 17.6 Å². The van der Waals surface area contributed by atoms with Gasteiger partial charge in [0.2, 0.25) is 0 Å². The van der Waals surface area contributed by atoms with Gasteiger partial charge in [-0.25, -0.2) is 0 Å². The van der Waals surface area contributed by atoms with Crippen molar-refractivity contribution in [2.45, 2.75) is 19.3 Å². The number of benzene rings is 3. The van der Waals surface area contributed by atoms with Crippen LogP contribution in [0.2, 0.25) is 0 Å². The molecule has 0 bridgehead atoms. The molecular weight excluding hydrogens is 310 g/mol. The topological polar surface area (TPSA) is 53.1 Å². The Bertz CT molecular complexity index is 1060. The molecule has 0 aliphatic carbocycles. The van der Waals surface area contributed by atoms with Gasteiger partial charge < -0.3 is 10.1 Å². The molecule has 25 heavy (non-hydrogen) atoms. The van der Waals surface area contributed by atoms with Gasteiger partial charge >= 0.3 is 5.97 Å². The summed E-state index contributed by atoms with van der Waals surface area (Å²) < 4.78 is 0. The molecule has 0 saturated heterocycles. The average molecular weight is 329 g/mol. The Morgan fingerprint density at radius 1 is 0.920 bits per heavy atom. The van der Waals surface area contributed by atoms with Crippen LogP contribution in [0.4, 0.5) is 0 Å². The van der Waals surface area contributed by atoms with Crippen molar-refractivity contribution in [3.63, 3.8) is 0 Å².